The van der Waals surface area contributed by atoms with Crippen molar-refractivity contribution in [1.29, 1.82) is 0 Å². The van der Waals surface area contributed by atoms with E-state index in [9.17, 15) is 4.79 Å². The molecule has 34 heavy (non-hydrogen) atoms. The molecule has 1 amide bonds. The molecule has 0 radical (unpaired) electrons. The Hall–Kier alpha value is -3.98. The summed E-state index contributed by atoms with van der Waals surface area (Å²) < 4.78 is 0. The molecule has 176 valence electrons. The number of nitrogens with zero attached hydrogens (tertiary/aromatic N) is 6. The molecular formula is C25H30N8O. The highest BCUT2D eigenvalue weighted by molar-refractivity contribution is 6.11. The van der Waals surface area contributed by atoms with Crippen LogP contribution in [0.4, 0.5) is 17.2 Å². The number of aromatic nitrogens is 4. The Bertz CT molecular complexity index is 1280. The van der Waals surface area contributed by atoms with Crippen LogP contribution in [0, 0.1) is 0 Å². The van der Waals surface area contributed by atoms with Gasteiger partial charge in [-0.2, -0.15) is 5.10 Å². The fourth-order valence-corrected chi connectivity index (χ4v) is 3.54. The van der Waals surface area contributed by atoms with Gasteiger partial charge in [-0.25, -0.2) is 4.98 Å². The molecule has 0 aliphatic rings. The van der Waals surface area contributed by atoms with Gasteiger partial charge in [0.2, 0.25) is 0 Å². The molecule has 0 aliphatic carbocycles. The van der Waals surface area contributed by atoms with Gasteiger partial charge >= 0.3 is 0 Å². The van der Waals surface area contributed by atoms with E-state index in [1.807, 2.05) is 82.9 Å². The number of anilines is 3. The zero-order valence-electron chi connectivity index (χ0n) is 20.2. The minimum atomic E-state index is -0.293. The number of hydrogen-bond donors (Lipinski definition) is 2. The maximum atomic E-state index is 13.0. The van der Waals surface area contributed by atoms with E-state index >= 15 is 0 Å². The van der Waals surface area contributed by atoms with Gasteiger partial charge in [-0.3, -0.25) is 14.9 Å². The van der Waals surface area contributed by atoms with E-state index in [4.69, 9.17) is 0 Å². The lowest BCUT2D eigenvalue weighted by Gasteiger charge is -2.20. The lowest BCUT2D eigenvalue weighted by atomic mass is 10.0. The van der Waals surface area contributed by atoms with Crippen LogP contribution < -0.4 is 15.1 Å². The second-order valence-electron chi connectivity index (χ2n) is 8.74. The van der Waals surface area contributed by atoms with Gasteiger partial charge in [0.25, 0.3) is 5.91 Å². The van der Waals surface area contributed by atoms with Gasteiger partial charge in [0.1, 0.15) is 5.82 Å². The van der Waals surface area contributed by atoms with Crippen molar-refractivity contribution in [2.24, 2.45) is 0 Å². The second kappa shape index (κ2) is 9.88. The maximum Gasteiger partial charge on any atom is 0.276 e. The third-order valence-electron chi connectivity index (χ3n) is 5.63. The summed E-state index contributed by atoms with van der Waals surface area (Å²) in [6.07, 6.45) is 5.30. The largest absolute Gasteiger partial charge is 0.376 e. The fraction of sp³-hybridized carbons (Fsp3) is 0.280. The van der Waals surface area contributed by atoms with Crippen molar-refractivity contribution in [3.05, 3.63) is 60.7 Å². The molecule has 2 N–H and O–H groups in total. The summed E-state index contributed by atoms with van der Waals surface area (Å²) >= 11 is 0. The lowest BCUT2D eigenvalue weighted by molar-refractivity contribution is 0.102. The quantitative estimate of drug-likeness (QED) is 0.418. The Morgan fingerprint density at radius 2 is 1.76 bits per heavy atom. The van der Waals surface area contributed by atoms with Crippen molar-refractivity contribution in [3.8, 4) is 11.1 Å². The standard InChI is InChI=1S/C25H30N8O/c1-31(2)10-11-33(5)23-9-7-19(15-27-23)28-25(34)24-21-13-17(6-8-22(21)29-30-24)18-12-20(32(3)4)16-26-14-18/h6-9,12-16H,10-11H2,1-5H3,(H,28,34)(H,29,30). The van der Waals surface area contributed by atoms with Crippen LogP contribution in [0.3, 0.4) is 0 Å². The number of nitrogens with one attached hydrogen (secondary N) is 2. The predicted octanol–water partition coefficient (Wildman–Crippen LogP) is 3.34. The number of carbonyl (C=O) groups excluding carboxylic acids is 1. The van der Waals surface area contributed by atoms with E-state index in [1.165, 1.54) is 0 Å². The van der Waals surface area contributed by atoms with Gasteiger partial charge in [0.05, 0.1) is 29.3 Å². The fourth-order valence-electron chi connectivity index (χ4n) is 3.54. The molecule has 0 unspecified atom stereocenters. The van der Waals surface area contributed by atoms with E-state index in [1.54, 1.807) is 6.20 Å². The molecule has 1 aromatic carbocycles. The number of likely N-dealkylation sites (N-methyl/N-ethyl adjacent to an activating group) is 2. The molecule has 0 bridgehead atoms. The minimum Gasteiger partial charge on any atom is -0.376 e. The summed E-state index contributed by atoms with van der Waals surface area (Å²) in [4.78, 5) is 28.1. The van der Waals surface area contributed by atoms with E-state index in [0.717, 1.165) is 46.6 Å². The molecule has 9 nitrogen and oxygen atoms in total. The summed E-state index contributed by atoms with van der Waals surface area (Å²) in [7, 11) is 10.0. The highest BCUT2D eigenvalue weighted by Gasteiger charge is 2.16. The monoisotopic (exact) mass is 458 g/mol. The zero-order chi connectivity index (χ0) is 24.2. The van der Waals surface area contributed by atoms with Gasteiger partial charge in [0, 0.05) is 51.4 Å². The average Bonchev–Trinajstić information content (AvgIpc) is 3.26. The molecule has 0 aliphatic heterocycles. The van der Waals surface area contributed by atoms with E-state index in [0.29, 0.717) is 11.4 Å². The zero-order valence-corrected chi connectivity index (χ0v) is 20.2. The molecule has 0 fully saturated rings. The Kier molecular flexibility index (Phi) is 6.74. The summed E-state index contributed by atoms with van der Waals surface area (Å²) in [5, 5.41) is 10.9. The first-order chi connectivity index (χ1) is 16.3. The first-order valence-corrected chi connectivity index (χ1v) is 11.1. The van der Waals surface area contributed by atoms with Crippen molar-refractivity contribution in [3.63, 3.8) is 0 Å². The van der Waals surface area contributed by atoms with Gasteiger partial charge < -0.3 is 20.0 Å². The van der Waals surface area contributed by atoms with Crippen LogP contribution in [0.5, 0.6) is 0 Å². The average molecular weight is 459 g/mol. The number of pyridine rings is 2. The van der Waals surface area contributed by atoms with Crippen molar-refractivity contribution in [2.45, 2.75) is 0 Å². The summed E-state index contributed by atoms with van der Waals surface area (Å²) in [6.45, 7) is 1.79. The van der Waals surface area contributed by atoms with Gasteiger partial charge in [-0.15, -0.1) is 0 Å². The molecule has 0 saturated heterocycles. The summed E-state index contributed by atoms with van der Waals surface area (Å²) in [5.74, 6) is 0.558. The molecule has 9 heteroatoms. The van der Waals surface area contributed by atoms with Crippen LogP contribution in [0.15, 0.2) is 55.0 Å². The van der Waals surface area contributed by atoms with Crippen LogP contribution in [-0.2, 0) is 0 Å². The number of benzene rings is 1. The van der Waals surface area contributed by atoms with E-state index in [2.05, 4.69) is 41.3 Å². The van der Waals surface area contributed by atoms with Crippen LogP contribution in [0.2, 0.25) is 0 Å². The third kappa shape index (κ3) is 5.15. The SMILES string of the molecule is CN(C)CCN(C)c1ccc(NC(=O)c2n[nH]c3ccc(-c4cncc(N(C)C)c4)cc23)cn1. The Labute approximate surface area is 199 Å². The van der Waals surface area contributed by atoms with Gasteiger partial charge in [0.15, 0.2) is 5.69 Å². The maximum absolute atomic E-state index is 13.0. The highest BCUT2D eigenvalue weighted by Crippen LogP contribution is 2.27. The van der Waals surface area contributed by atoms with E-state index in [-0.39, 0.29) is 5.91 Å². The van der Waals surface area contributed by atoms with Crippen molar-refractivity contribution >= 4 is 34.0 Å². The molecular weight excluding hydrogens is 428 g/mol. The number of H-pyrrole nitrogens is 1. The Morgan fingerprint density at radius 3 is 2.47 bits per heavy atom. The Morgan fingerprint density at radius 1 is 0.941 bits per heavy atom. The Balaban J connectivity index is 1.53. The van der Waals surface area contributed by atoms with Crippen LogP contribution in [0.25, 0.3) is 22.0 Å². The van der Waals surface area contributed by atoms with Crippen molar-refractivity contribution in [2.75, 3.05) is 63.4 Å². The number of amides is 1. The predicted molar refractivity (Wildman–Crippen MR) is 138 cm³/mol. The molecule has 3 aromatic heterocycles. The van der Waals surface area contributed by atoms with Gasteiger partial charge in [-0.1, -0.05) is 6.07 Å². The first-order valence-electron chi connectivity index (χ1n) is 11.1. The normalized spacial score (nSPS) is 11.1. The lowest BCUT2D eigenvalue weighted by Crippen LogP contribution is -2.28. The van der Waals surface area contributed by atoms with Crippen LogP contribution >= 0.6 is 0 Å². The third-order valence-corrected chi connectivity index (χ3v) is 5.63. The number of fused-ring (bicyclic) bond motifs is 1. The summed E-state index contributed by atoms with van der Waals surface area (Å²) in [6, 6.07) is 11.7. The first kappa shape index (κ1) is 23.2. The number of carbonyl (C=O) groups is 1. The minimum absolute atomic E-state index is 0.293. The highest BCUT2D eigenvalue weighted by atomic mass is 16.1. The molecule has 0 atom stereocenters. The van der Waals surface area contributed by atoms with Crippen LogP contribution in [-0.4, -0.2) is 79.3 Å². The molecule has 4 aromatic rings. The van der Waals surface area contributed by atoms with Crippen molar-refractivity contribution in [1.82, 2.24) is 25.1 Å². The second-order valence-corrected chi connectivity index (χ2v) is 8.74. The smallest absolute Gasteiger partial charge is 0.276 e. The number of hydrogen-bond acceptors (Lipinski definition) is 7. The number of aromatic amines is 1. The van der Waals surface area contributed by atoms with Crippen LogP contribution in [0.1, 0.15) is 10.5 Å². The topological polar surface area (TPSA) is 93.3 Å². The van der Waals surface area contributed by atoms with Gasteiger partial charge in [-0.05, 0) is 50.0 Å². The number of rotatable bonds is 8. The van der Waals surface area contributed by atoms with Crippen molar-refractivity contribution < 1.29 is 4.79 Å². The molecule has 4 rings (SSSR count). The molecule has 3 heterocycles. The van der Waals surface area contributed by atoms with E-state index < -0.39 is 0 Å². The molecule has 0 saturated carbocycles. The molecule has 0 spiro atoms. The summed E-state index contributed by atoms with van der Waals surface area (Å²) in [5.41, 5.74) is 4.68.